The number of ether oxygens (including phenoxy) is 4. The van der Waals surface area contributed by atoms with E-state index >= 15 is 0 Å². The van der Waals surface area contributed by atoms with Crippen molar-refractivity contribution >= 4 is 18.0 Å². The Balaban J connectivity index is 1.95. The summed E-state index contributed by atoms with van der Waals surface area (Å²) >= 11 is 0. The van der Waals surface area contributed by atoms with Crippen LogP contribution in [0.5, 0.6) is 11.5 Å². The number of aryl methyl sites for hydroxylation is 1. The number of carbonyl (C=O) groups is 2. The fraction of sp³-hybridized carbons (Fsp3) is 0.448. The number of alkyl halides is 2. The Bertz CT molecular complexity index is 1140. The van der Waals surface area contributed by atoms with Crippen LogP contribution in [-0.2, 0) is 25.5 Å². The summed E-state index contributed by atoms with van der Waals surface area (Å²) in [5, 5.41) is 0. The molecule has 1 unspecified atom stereocenters. The summed E-state index contributed by atoms with van der Waals surface area (Å²) in [7, 11) is 0. The Hall–Kier alpha value is -3.42. The Kier molecular flexibility index (Phi) is 8.30. The molecule has 0 spiro atoms. The molecule has 0 saturated carbocycles. The monoisotopic (exact) mass is 516 g/mol. The molecule has 200 valence electrons. The molecule has 2 aromatic rings. The van der Waals surface area contributed by atoms with Crippen LogP contribution >= 0.6 is 0 Å². The van der Waals surface area contributed by atoms with Crippen molar-refractivity contribution in [3.8, 4) is 11.5 Å². The van der Waals surface area contributed by atoms with Gasteiger partial charge in [0, 0.05) is 0 Å². The molecule has 0 amide bonds. The number of esters is 2. The molecule has 8 heteroatoms. The SMILES string of the molecule is CC(C)(C)C(=O)O/C(=C\c1ccc2c(c1)OC(F)(F)O2)C(CCCc1ccccc1)OC(=O)C(C)(C)C. The Morgan fingerprint density at radius 2 is 1.54 bits per heavy atom. The highest BCUT2D eigenvalue weighted by molar-refractivity contribution is 5.78. The zero-order chi connectivity index (χ0) is 27.4. The third-order valence-corrected chi connectivity index (χ3v) is 5.51. The smallest absolute Gasteiger partial charge is 0.454 e. The lowest BCUT2D eigenvalue weighted by Gasteiger charge is -2.27. The second-order valence-electron chi connectivity index (χ2n) is 11.1. The highest BCUT2D eigenvalue weighted by Crippen LogP contribution is 2.41. The summed E-state index contributed by atoms with van der Waals surface area (Å²) in [6.07, 6.45) is -1.38. The van der Waals surface area contributed by atoms with Crippen molar-refractivity contribution in [1.29, 1.82) is 0 Å². The topological polar surface area (TPSA) is 71.1 Å². The van der Waals surface area contributed by atoms with Gasteiger partial charge in [0.25, 0.3) is 0 Å². The predicted molar refractivity (Wildman–Crippen MR) is 135 cm³/mol. The minimum Gasteiger partial charge on any atom is -0.454 e. The first-order valence-corrected chi connectivity index (χ1v) is 12.2. The molecule has 0 fully saturated rings. The summed E-state index contributed by atoms with van der Waals surface area (Å²) in [6, 6.07) is 14.1. The lowest BCUT2D eigenvalue weighted by Crippen LogP contribution is -2.32. The molecular formula is C29H34F2O6. The highest BCUT2D eigenvalue weighted by atomic mass is 19.3. The quantitative estimate of drug-likeness (QED) is 0.280. The van der Waals surface area contributed by atoms with Crippen molar-refractivity contribution in [1.82, 2.24) is 0 Å². The first kappa shape index (κ1) is 28.2. The number of hydrogen-bond donors (Lipinski definition) is 0. The van der Waals surface area contributed by atoms with Crippen LogP contribution in [0.25, 0.3) is 6.08 Å². The first-order valence-electron chi connectivity index (χ1n) is 12.2. The summed E-state index contributed by atoms with van der Waals surface area (Å²) in [5.74, 6) is -1.12. The normalized spacial score (nSPS) is 15.7. The maximum Gasteiger partial charge on any atom is 0.586 e. The molecule has 1 heterocycles. The average Bonchev–Trinajstić information content (AvgIpc) is 3.10. The van der Waals surface area contributed by atoms with Crippen LogP contribution in [0.1, 0.15) is 65.5 Å². The minimum absolute atomic E-state index is 0.103. The maximum absolute atomic E-state index is 13.5. The molecule has 3 rings (SSSR count). The van der Waals surface area contributed by atoms with E-state index in [0.29, 0.717) is 18.4 Å². The van der Waals surface area contributed by atoms with E-state index in [2.05, 4.69) is 9.47 Å². The molecule has 1 atom stereocenters. The molecule has 0 radical (unpaired) electrons. The van der Waals surface area contributed by atoms with Crippen molar-refractivity contribution < 1.29 is 37.3 Å². The molecule has 0 bridgehead atoms. The number of benzene rings is 2. The average molecular weight is 517 g/mol. The second-order valence-corrected chi connectivity index (χ2v) is 11.1. The van der Waals surface area contributed by atoms with Gasteiger partial charge in [-0.25, -0.2) is 0 Å². The standard InChI is InChI=1S/C29H34F2O6/c1-27(2,3)25(32)34-21(14-10-13-19-11-8-7-9-12-19)23(35-26(33)28(4,5)6)17-20-15-16-22-24(18-20)37-29(30,31)36-22/h7-9,11-12,15-18,21H,10,13-14H2,1-6H3/b23-17-. The van der Waals surface area contributed by atoms with Crippen LogP contribution in [0.15, 0.2) is 54.3 Å². The van der Waals surface area contributed by atoms with Gasteiger partial charge in [0.2, 0.25) is 0 Å². The number of rotatable bonds is 8. The van der Waals surface area contributed by atoms with E-state index in [1.54, 1.807) is 41.5 Å². The summed E-state index contributed by atoms with van der Waals surface area (Å²) in [6.45, 7) is 10.3. The van der Waals surface area contributed by atoms with E-state index in [9.17, 15) is 18.4 Å². The molecule has 0 aromatic heterocycles. The van der Waals surface area contributed by atoms with Crippen LogP contribution in [0, 0.1) is 10.8 Å². The van der Waals surface area contributed by atoms with Crippen LogP contribution in [0.3, 0.4) is 0 Å². The van der Waals surface area contributed by atoms with Gasteiger partial charge < -0.3 is 18.9 Å². The van der Waals surface area contributed by atoms with Gasteiger partial charge in [-0.15, -0.1) is 8.78 Å². The lowest BCUT2D eigenvalue weighted by molar-refractivity contribution is -0.286. The van der Waals surface area contributed by atoms with Crippen LogP contribution in [0.2, 0.25) is 0 Å². The van der Waals surface area contributed by atoms with Crippen molar-refractivity contribution in [2.75, 3.05) is 0 Å². The zero-order valence-corrected chi connectivity index (χ0v) is 22.1. The molecule has 1 aliphatic rings. The van der Waals surface area contributed by atoms with Gasteiger partial charge in [0.1, 0.15) is 5.76 Å². The van der Waals surface area contributed by atoms with E-state index in [1.807, 2.05) is 30.3 Å². The third kappa shape index (κ3) is 8.03. The molecule has 2 aromatic carbocycles. The van der Waals surface area contributed by atoms with E-state index in [1.165, 1.54) is 24.3 Å². The Labute approximate surface area is 216 Å². The number of fused-ring (bicyclic) bond motifs is 1. The van der Waals surface area contributed by atoms with Crippen LogP contribution < -0.4 is 9.47 Å². The summed E-state index contributed by atoms with van der Waals surface area (Å²) < 4.78 is 47.7. The predicted octanol–water partition coefficient (Wildman–Crippen LogP) is 6.92. The molecule has 0 aliphatic carbocycles. The van der Waals surface area contributed by atoms with Crippen LogP contribution in [0.4, 0.5) is 8.78 Å². The number of carbonyl (C=O) groups excluding carboxylic acids is 2. The van der Waals surface area contributed by atoms with Gasteiger partial charge in [0.15, 0.2) is 17.6 Å². The van der Waals surface area contributed by atoms with Gasteiger partial charge >= 0.3 is 18.2 Å². The molecule has 1 aliphatic heterocycles. The van der Waals surface area contributed by atoms with E-state index in [-0.39, 0.29) is 17.3 Å². The van der Waals surface area contributed by atoms with E-state index in [0.717, 1.165) is 12.0 Å². The van der Waals surface area contributed by atoms with Gasteiger partial charge in [-0.1, -0.05) is 36.4 Å². The van der Waals surface area contributed by atoms with Gasteiger partial charge in [-0.3, -0.25) is 9.59 Å². The second kappa shape index (κ2) is 10.9. The first-order chi connectivity index (χ1) is 17.1. The number of halogens is 2. The zero-order valence-electron chi connectivity index (χ0n) is 22.1. The molecule has 37 heavy (non-hydrogen) atoms. The van der Waals surface area contributed by atoms with Gasteiger partial charge in [-0.05, 0) is 90.1 Å². The van der Waals surface area contributed by atoms with Crippen LogP contribution in [-0.4, -0.2) is 24.3 Å². The van der Waals surface area contributed by atoms with Crippen molar-refractivity contribution in [2.45, 2.75) is 73.2 Å². The fourth-order valence-corrected chi connectivity index (χ4v) is 3.37. The maximum atomic E-state index is 13.5. The molecule has 6 nitrogen and oxygen atoms in total. The highest BCUT2D eigenvalue weighted by Gasteiger charge is 2.43. The molecule has 0 N–H and O–H groups in total. The number of hydrogen-bond acceptors (Lipinski definition) is 6. The Morgan fingerprint density at radius 3 is 2.16 bits per heavy atom. The largest absolute Gasteiger partial charge is 0.586 e. The van der Waals surface area contributed by atoms with Crippen molar-refractivity contribution in [2.24, 2.45) is 10.8 Å². The minimum atomic E-state index is -3.76. The van der Waals surface area contributed by atoms with Gasteiger partial charge in [-0.2, -0.15) is 0 Å². The van der Waals surface area contributed by atoms with E-state index in [4.69, 9.17) is 9.47 Å². The summed E-state index contributed by atoms with van der Waals surface area (Å²) in [5.41, 5.74) is -0.0891. The molecular weight excluding hydrogens is 482 g/mol. The van der Waals surface area contributed by atoms with Gasteiger partial charge in [0.05, 0.1) is 10.8 Å². The Morgan fingerprint density at radius 1 is 0.919 bits per heavy atom. The van der Waals surface area contributed by atoms with Crippen molar-refractivity contribution in [3.63, 3.8) is 0 Å². The van der Waals surface area contributed by atoms with E-state index < -0.39 is 35.2 Å². The molecule has 0 saturated heterocycles. The summed E-state index contributed by atoms with van der Waals surface area (Å²) in [4.78, 5) is 25.7. The lowest BCUT2D eigenvalue weighted by atomic mass is 9.96. The van der Waals surface area contributed by atoms with Crippen molar-refractivity contribution in [3.05, 3.63) is 65.4 Å². The third-order valence-electron chi connectivity index (χ3n) is 5.51. The fourth-order valence-electron chi connectivity index (χ4n) is 3.37.